The van der Waals surface area contributed by atoms with Crippen molar-refractivity contribution < 1.29 is 0 Å². The van der Waals surface area contributed by atoms with E-state index in [2.05, 4.69) is 0 Å². The summed E-state index contributed by atoms with van der Waals surface area (Å²) >= 11 is 0. The molecule has 0 aliphatic rings. The first-order valence-electron chi connectivity index (χ1n) is 2.73. The molecule has 0 bridgehead atoms. The van der Waals surface area contributed by atoms with Gasteiger partial charge < -0.3 is 16.0 Å². The maximum Gasteiger partial charge on any atom is 0.0999 e. The van der Waals surface area contributed by atoms with E-state index in [-0.39, 0.29) is 0 Å². The maximum atomic E-state index is 7.04. The predicted octanol–water partition coefficient (Wildman–Crippen LogP) is 0.388. The van der Waals surface area contributed by atoms with E-state index in [1.54, 1.807) is 17.9 Å². The Bertz CT molecular complexity index is 135. The molecule has 0 aliphatic carbocycles. The Hall–Kier alpha value is -0.990. The standard InChI is InChI=1S/C6H13N3/c1-5(7)4-6(8)9(2)3/h4,7H,8H2,1-3H3/b6-4-,7-5?. The molecule has 0 rings (SSSR count). The molecule has 0 radical (unpaired) electrons. The molecule has 0 unspecified atom stereocenters. The van der Waals surface area contributed by atoms with Crippen LogP contribution in [0.2, 0.25) is 0 Å². The normalized spacial score (nSPS) is 11.2. The van der Waals surface area contributed by atoms with Gasteiger partial charge in [0.1, 0.15) is 0 Å². The van der Waals surface area contributed by atoms with E-state index in [1.807, 2.05) is 14.1 Å². The lowest BCUT2D eigenvalue weighted by atomic mass is 10.4. The smallest absolute Gasteiger partial charge is 0.0999 e. The summed E-state index contributed by atoms with van der Waals surface area (Å²) in [6.45, 7) is 1.69. The zero-order valence-electron chi connectivity index (χ0n) is 6.10. The highest BCUT2D eigenvalue weighted by molar-refractivity contribution is 5.90. The number of nitrogens with zero attached hydrogens (tertiary/aromatic N) is 1. The van der Waals surface area contributed by atoms with Crippen molar-refractivity contribution in [3.8, 4) is 0 Å². The zero-order chi connectivity index (χ0) is 7.44. The first-order valence-corrected chi connectivity index (χ1v) is 2.73. The van der Waals surface area contributed by atoms with E-state index in [0.717, 1.165) is 0 Å². The largest absolute Gasteiger partial charge is 0.385 e. The molecule has 0 aromatic rings. The molecule has 0 saturated carbocycles. The Labute approximate surface area is 55.7 Å². The number of allylic oxidation sites excluding steroid dienone is 1. The Kier molecular flexibility index (Phi) is 2.78. The first-order chi connectivity index (χ1) is 4.04. The third-order valence-corrected chi connectivity index (χ3v) is 0.881. The van der Waals surface area contributed by atoms with Crippen LogP contribution in [0.1, 0.15) is 6.92 Å². The van der Waals surface area contributed by atoms with Crippen molar-refractivity contribution >= 4 is 5.71 Å². The lowest BCUT2D eigenvalue weighted by molar-refractivity contribution is 0.506. The summed E-state index contributed by atoms with van der Waals surface area (Å²) in [6, 6.07) is 0. The number of nitrogens with two attached hydrogens (primary N) is 1. The summed E-state index contributed by atoms with van der Waals surface area (Å²) in [7, 11) is 3.68. The molecule has 3 heteroatoms. The van der Waals surface area contributed by atoms with Crippen LogP contribution in [0.5, 0.6) is 0 Å². The van der Waals surface area contributed by atoms with Crippen LogP contribution in [0, 0.1) is 5.41 Å². The fourth-order valence-electron chi connectivity index (χ4n) is 0.351. The van der Waals surface area contributed by atoms with Crippen LogP contribution in [0.15, 0.2) is 11.9 Å². The molecule has 0 aromatic heterocycles. The molecule has 0 spiro atoms. The lowest BCUT2D eigenvalue weighted by Gasteiger charge is -2.10. The van der Waals surface area contributed by atoms with Gasteiger partial charge in [0.2, 0.25) is 0 Å². The molecular formula is C6H13N3. The number of nitrogens with one attached hydrogen (secondary N) is 1. The molecule has 0 heterocycles. The average molecular weight is 127 g/mol. The van der Waals surface area contributed by atoms with E-state index in [1.165, 1.54) is 0 Å². The van der Waals surface area contributed by atoms with E-state index < -0.39 is 0 Å². The van der Waals surface area contributed by atoms with E-state index in [9.17, 15) is 0 Å². The molecular weight excluding hydrogens is 114 g/mol. The zero-order valence-corrected chi connectivity index (χ0v) is 6.10. The van der Waals surface area contributed by atoms with E-state index >= 15 is 0 Å². The van der Waals surface area contributed by atoms with Crippen molar-refractivity contribution in [2.75, 3.05) is 14.1 Å². The number of rotatable bonds is 2. The second-order valence-electron chi connectivity index (χ2n) is 2.15. The number of hydrogen-bond acceptors (Lipinski definition) is 3. The van der Waals surface area contributed by atoms with Gasteiger partial charge in [0.15, 0.2) is 0 Å². The minimum atomic E-state index is 0.473. The fourth-order valence-corrected chi connectivity index (χ4v) is 0.351. The highest BCUT2D eigenvalue weighted by Gasteiger charge is 1.89. The summed E-state index contributed by atoms with van der Waals surface area (Å²) in [5.74, 6) is 0.613. The van der Waals surface area contributed by atoms with Crippen molar-refractivity contribution in [3.63, 3.8) is 0 Å². The van der Waals surface area contributed by atoms with E-state index in [0.29, 0.717) is 11.5 Å². The van der Waals surface area contributed by atoms with Crippen LogP contribution in [-0.4, -0.2) is 24.7 Å². The molecule has 0 atom stereocenters. The Morgan fingerprint density at radius 1 is 1.56 bits per heavy atom. The maximum absolute atomic E-state index is 7.04. The van der Waals surface area contributed by atoms with Gasteiger partial charge in [-0.15, -0.1) is 0 Å². The Morgan fingerprint density at radius 2 is 2.00 bits per heavy atom. The van der Waals surface area contributed by atoms with Crippen LogP contribution < -0.4 is 5.73 Å². The average Bonchev–Trinajstić information content (AvgIpc) is 1.63. The van der Waals surface area contributed by atoms with Gasteiger partial charge in [-0.1, -0.05) is 0 Å². The third kappa shape index (κ3) is 3.58. The molecule has 0 fully saturated rings. The molecule has 3 N–H and O–H groups in total. The van der Waals surface area contributed by atoms with Gasteiger partial charge in [-0.2, -0.15) is 0 Å². The van der Waals surface area contributed by atoms with E-state index in [4.69, 9.17) is 11.1 Å². The van der Waals surface area contributed by atoms with Gasteiger partial charge in [0.05, 0.1) is 5.82 Å². The molecule has 0 amide bonds. The van der Waals surface area contributed by atoms with Gasteiger partial charge in [0.25, 0.3) is 0 Å². The van der Waals surface area contributed by atoms with Gasteiger partial charge in [0, 0.05) is 19.8 Å². The summed E-state index contributed by atoms with van der Waals surface area (Å²) in [4.78, 5) is 1.76. The second-order valence-corrected chi connectivity index (χ2v) is 2.15. The highest BCUT2D eigenvalue weighted by atomic mass is 15.1. The fraction of sp³-hybridized carbons (Fsp3) is 0.500. The van der Waals surface area contributed by atoms with Gasteiger partial charge in [-0.25, -0.2) is 0 Å². The molecule has 52 valence electrons. The minimum Gasteiger partial charge on any atom is -0.385 e. The van der Waals surface area contributed by atoms with Crippen molar-refractivity contribution in [2.45, 2.75) is 6.92 Å². The second kappa shape index (κ2) is 3.12. The third-order valence-electron chi connectivity index (χ3n) is 0.881. The van der Waals surface area contributed by atoms with Crippen LogP contribution in [0.3, 0.4) is 0 Å². The van der Waals surface area contributed by atoms with Crippen LogP contribution >= 0.6 is 0 Å². The SMILES string of the molecule is CC(=N)/C=C(/N)N(C)C. The molecule has 0 aliphatic heterocycles. The van der Waals surface area contributed by atoms with Crippen molar-refractivity contribution in [1.29, 1.82) is 5.41 Å². The first kappa shape index (κ1) is 8.01. The van der Waals surface area contributed by atoms with Crippen molar-refractivity contribution in [1.82, 2.24) is 4.90 Å². The molecule has 0 saturated heterocycles. The summed E-state index contributed by atoms with van der Waals surface area (Å²) in [6.07, 6.45) is 1.61. The molecule has 0 aromatic carbocycles. The molecule has 3 nitrogen and oxygen atoms in total. The van der Waals surface area contributed by atoms with Gasteiger partial charge in [-0.3, -0.25) is 0 Å². The van der Waals surface area contributed by atoms with Crippen LogP contribution in [0.25, 0.3) is 0 Å². The lowest BCUT2D eigenvalue weighted by Crippen LogP contribution is -2.19. The topological polar surface area (TPSA) is 53.1 Å². The summed E-state index contributed by atoms with van der Waals surface area (Å²) in [5, 5.41) is 7.04. The van der Waals surface area contributed by atoms with Gasteiger partial charge in [-0.05, 0) is 13.0 Å². The van der Waals surface area contributed by atoms with Crippen molar-refractivity contribution in [3.05, 3.63) is 11.9 Å². The van der Waals surface area contributed by atoms with Gasteiger partial charge >= 0.3 is 0 Å². The minimum absolute atomic E-state index is 0.473. The molecule has 9 heavy (non-hydrogen) atoms. The predicted molar refractivity (Wildman–Crippen MR) is 39.4 cm³/mol. The number of hydrogen-bond donors (Lipinski definition) is 2. The van der Waals surface area contributed by atoms with Crippen LogP contribution in [0.4, 0.5) is 0 Å². The summed E-state index contributed by atoms with van der Waals surface area (Å²) < 4.78 is 0. The summed E-state index contributed by atoms with van der Waals surface area (Å²) in [5.41, 5.74) is 5.94. The van der Waals surface area contributed by atoms with Crippen LogP contribution in [-0.2, 0) is 0 Å². The Balaban J connectivity index is 4.00. The van der Waals surface area contributed by atoms with Crippen molar-refractivity contribution in [2.24, 2.45) is 5.73 Å². The monoisotopic (exact) mass is 127 g/mol. The Morgan fingerprint density at radius 3 is 2.11 bits per heavy atom. The highest BCUT2D eigenvalue weighted by Crippen LogP contribution is 1.87. The quantitative estimate of drug-likeness (QED) is 0.527.